The highest BCUT2D eigenvalue weighted by atomic mass is 16.2. The minimum absolute atomic E-state index is 0.0570. The molecule has 3 amide bonds. The Morgan fingerprint density at radius 1 is 1.31 bits per heavy atom. The van der Waals surface area contributed by atoms with Crippen LogP contribution in [0.1, 0.15) is 25.7 Å². The molecule has 0 radical (unpaired) electrons. The van der Waals surface area contributed by atoms with Crippen LogP contribution in [0.15, 0.2) is 12.2 Å². The number of hydrogen-bond acceptors (Lipinski definition) is 4. The van der Waals surface area contributed by atoms with E-state index < -0.39 is 11.9 Å². The SMILES string of the molecule is NC(=O)[C@H](C[C@@H]1CCNC1=O)NC(=O)[C@H]1NC[C@H]2[C@@H]1[C@H]1C=C[C@@H]2C12CC2. The lowest BCUT2D eigenvalue weighted by Crippen LogP contribution is -2.53. The summed E-state index contributed by atoms with van der Waals surface area (Å²) >= 11 is 0. The lowest BCUT2D eigenvalue weighted by molar-refractivity contribution is -0.130. The molecule has 140 valence electrons. The summed E-state index contributed by atoms with van der Waals surface area (Å²) in [6, 6.07) is -1.06. The summed E-state index contributed by atoms with van der Waals surface area (Å²) in [5, 5.41) is 9.00. The Kier molecular flexibility index (Phi) is 3.48. The Bertz CT molecular complexity index is 701. The first-order chi connectivity index (χ1) is 12.5. The van der Waals surface area contributed by atoms with Gasteiger partial charge in [0.1, 0.15) is 6.04 Å². The number of nitrogens with one attached hydrogen (secondary N) is 3. The van der Waals surface area contributed by atoms with Gasteiger partial charge in [-0.3, -0.25) is 14.4 Å². The van der Waals surface area contributed by atoms with E-state index in [4.69, 9.17) is 5.73 Å². The van der Waals surface area contributed by atoms with E-state index >= 15 is 0 Å². The van der Waals surface area contributed by atoms with Crippen molar-refractivity contribution in [2.45, 2.75) is 37.8 Å². The largest absolute Gasteiger partial charge is 0.368 e. The molecule has 0 aromatic carbocycles. The van der Waals surface area contributed by atoms with Crippen LogP contribution in [-0.2, 0) is 14.4 Å². The van der Waals surface area contributed by atoms with E-state index in [9.17, 15) is 14.4 Å². The van der Waals surface area contributed by atoms with E-state index in [1.165, 1.54) is 12.8 Å². The fourth-order valence-corrected chi connectivity index (χ4v) is 6.29. The molecule has 1 spiro atoms. The van der Waals surface area contributed by atoms with Crippen molar-refractivity contribution in [2.24, 2.45) is 40.7 Å². The predicted octanol–water partition coefficient (Wildman–Crippen LogP) is -0.717. The molecule has 5 aliphatic rings. The zero-order chi connectivity index (χ0) is 18.1. The fraction of sp³-hybridized carbons (Fsp3) is 0.737. The molecule has 0 aromatic rings. The van der Waals surface area contributed by atoms with Crippen LogP contribution in [-0.4, -0.2) is 42.9 Å². The van der Waals surface area contributed by atoms with E-state index in [2.05, 4.69) is 28.1 Å². The molecule has 7 atom stereocenters. The van der Waals surface area contributed by atoms with Crippen molar-refractivity contribution in [1.82, 2.24) is 16.0 Å². The molecule has 2 bridgehead atoms. The Labute approximate surface area is 152 Å². The van der Waals surface area contributed by atoms with Crippen molar-refractivity contribution >= 4 is 17.7 Å². The van der Waals surface area contributed by atoms with E-state index in [1.807, 2.05) is 0 Å². The number of carbonyl (C=O) groups is 3. The highest BCUT2D eigenvalue weighted by molar-refractivity contribution is 5.90. The van der Waals surface area contributed by atoms with Gasteiger partial charge in [0.05, 0.1) is 6.04 Å². The van der Waals surface area contributed by atoms with Crippen LogP contribution in [0.4, 0.5) is 0 Å². The van der Waals surface area contributed by atoms with Gasteiger partial charge in [-0.1, -0.05) is 12.2 Å². The molecular formula is C19H26N4O3. The molecule has 7 heteroatoms. The average Bonchev–Trinajstić information content (AvgIpc) is 2.87. The van der Waals surface area contributed by atoms with Gasteiger partial charge in [-0.2, -0.15) is 0 Å². The maximum absolute atomic E-state index is 13.0. The second-order valence-electron chi connectivity index (χ2n) is 8.77. The molecule has 3 aliphatic carbocycles. The van der Waals surface area contributed by atoms with Gasteiger partial charge in [-0.15, -0.1) is 0 Å². The molecule has 2 saturated heterocycles. The number of hydrogen-bond donors (Lipinski definition) is 4. The first-order valence-electron chi connectivity index (χ1n) is 9.80. The zero-order valence-electron chi connectivity index (χ0n) is 14.7. The molecule has 5 rings (SSSR count). The summed E-state index contributed by atoms with van der Waals surface area (Å²) in [7, 11) is 0. The summed E-state index contributed by atoms with van der Waals surface area (Å²) in [5.74, 6) is 0.908. The molecule has 7 nitrogen and oxygen atoms in total. The Morgan fingerprint density at radius 3 is 2.73 bits per heavy atom. The van der Waals surface area contributed by atoms with E-state index in [0.29, 0.717) is 42.1 Å². The van der Waals surface area contributed by atoms with Crippen LogP contribution in [0.3, 0.4) is 0 Å². The van der Waals surface area contributed by atoms with Gasteiger partial charge < -0.3 is 21.7 Å². The maximum Gasteiger partial charge on any atom is 0.240 e. The highest BCUT2D eigenvalue weighted by Gasteiger charge is 2.69. The van der Waals surface area contributed by atoms with Gasteiger partial charge in [0.25, 0.3) is 0 Å². The van der Waals surface area contributed by atoms with Crippen LogP contribution < -0.4 is 21.7 Å². The average molecular weight is 358 g/mol. The maximum atomic E-state index is 13.0. The first-order valence-corrected chi connectivity index (χ1v) is 9.80. The highest BCUT2D eigenvalue weighted by Crippen LogP contribution is 2.73. The topological polar surface area (TPSA) is 113 Å². The Hall–Kier alpha value is -1.89. The molecular weight excluding hydrogens is 332 g/mol. The summed E-state index contributed by atoms with van der Waals surface area (Å²) in [4.78, 5) is 36.6. The first kappa shape index (κ1) is 16.3. The van der Waals surface area contributed by atoms with Crippen molar-refractivity contribution in [2.75, 3.05) is 13.1 Å². The standard InChI is InChI=1S/C19H26N4O3/c20-16(24)13(7-9-3-6-21-17(9)25)23-18(26)15-14-10(8-22-15)11-1-2-12(14)19(11)4-5-19/h1-2,9-15,22H,3-8H2,(H2,20,24)(H,21,25)(H,23,26)/t9-,10+,11-,12+,13-,14+,15-/m0/s1. The monoisotopic (exact) mass is 358 g/mol. The van der Waals surface area contributed by atoms with E-state index in [1.54, 1.807) is 0 Å². The number of amides is 3. The molecule has 4 fully saturated rings. The van der Waals surface area contributed by atoms with E-state index in [-0.39, 0.29) is 30.2 Å². The predicted molar refractivity (Wildman–Crippen MR) is 93.4 cm³/mol. The van der Waals surface area contributed by atoms with Crippen LogP contribution in [0.2, 0.25) is 0 Å². The number of rotatable bonds is 5. The van der Waals surface area contributed by atoms with Crippen LogP contribution >= 0.6 is 0 Å². The van der Waals surface area contributed by atoms with Crippen molar-refractivity contribution in [1.29, 1.82) is 0 Å². The third kappa shape index (κ3) is 2.19. The van der Waals surface area contributed by atoms with Crippen LogP contribution in [0.25, 0.3) is 0 Å². The molecule has 2 aliphatic heterocycles. The third-order valence-electron chi connectivity index (χ3n) is 7.63. The fourth-order valence-electron chi connectivity index (χ4n) is 6.29. The molecule has 2 heterocycles. The summed E-state index contributed by atoms with van der Waals surface area (Å²) in [5.41, 5.74) is 5.94. The molecule has 0 aromatic heterocycles. The summed E-state index contributed by atoms with van der Waals surface area (Å²) < 4.78 is 0. The smallest absolute Gasteiger partial charge is 0.240 e. The second kappa shape index (κ2) is 5.55. The van der Waals surface area contributed by atoms with Crippen molar-refractivity contribution in [3.63, 3.8) is 0 Å². The van der Waals surface area contributed by atoms with Crippen molar-refractivity contribution < 1.29 is 14.4 Å². The molecule has 26 heavy (non-hydrogen) atoms. The van der Waals surface area contributed by atoms with Gasteiger partial charge in [0.15, 0.2) is 0 Å². The number of primary amides is 1. The minimum Gasteiger partial charge on any atom is -0.368 e. The minimum atomic E-state index is -0.791. The number of allylic oxidation sites excluding steroid dienone is 2. The normalized spacial score (nSPS) is 41.9. The summed E-state index contributed by atoms with van der Waals surface area (Å²) in [6.45, 7) is 1.48. The van der Waals surface area contributed by atoms with Crippen LogP contribution in [0, 0.1) is 35.0 Å². The number of nitrogens with two attached hydrogens (primary N) is 1. The number of carbonyl (C=O) groups excluding carboxylic acids is 3. The van der Waals surface area contributed by atoms with Crippen molar-refractivity contribution in [3.05, 3.63) is 12.2 Å². The van der Waals surface area contributed by atoms with Crippen LogP contribution in [0.5, 0.6) is 0 Å². The van der Waals surface area contributed by atoms with Crippen molar-refractivity contribution in [3.8, 4) is 0 Å². The van der Waals surface area contributed by atoms with Gasteiger partial charge in [-0.05, 0) is 61.3 Å². The second-order valence-corrected chi connectivity index (χ2v) is 8.77. The zero-order valence-corrected chi connectivity index (χ0v) is 14.7. The van der Waals surface area contributed by atoms with Gasteiger partial charge in [-0.25, -0.2) is 0 Å². The lowest BCUT2D eigenvalue weighted by atomic mass is 9.81. The molecule has 2 saturated carbocycles. The molecule has 0 unspecified atom stereocenters. The Morgan fingerprint density at radius 2 is 2.08 bits per heavy atom. The van der Waals surface area contributed by atoms with Gasteiger partial charge >= 0.3 is 0 Å². The van der Waals surface area contributed by atoms with Gasteiger partial charge in [0, 0.05) is 12.5 Å². The van der Waals surface area contributed by atoms with E-state index in [0.717, 1.165) is 6.54 Å². The summed E-state index contributed by atoms with van der Waals surface area (Å²) in [6.07, 6.45) is 8.20. The quantitative estimate of drug-likeness (QED) is 0.486. The lowest BCUT2D eigenvalue weighted by Gasteiger charge is -2.27. The number of fused-ring (bicyclic) bond motifs is 3. The van der Waals surface area contributed by atoms with Gasteiger partial charge in [0.2, 0.25) is 17.7 Å². The molecule has 5 N–H and O–H groups in total. The Balaban J connectivity index is 1.28. The third-order valence-corrected chi connectivity index (χ3v) is 7.63.